The lowest BCUT2D eigenvalue weighted by Crippen LogP contribution is -2.14. The van der Waals surface area contributed by atoms with Crippen LogP contribution in [0, 0.1) is 11.6 Å². The summed E-state index contributed by atoms with van der Waals surface area (Å²) < 4.78 is 79.8. The van der Waals surface area contributed by atoms with Gasteiger partial charge in [0.1, 0.15) is 23.1 Å². The van der Waals surface area contributed by atoms with Crippen LogP contribution >= 0.6 is 0 Å². The smallest absolute Gasteiger partial charge is 0.246 e. The molecule has 0 radical (unpaired) electrons. The molecular formula is C14H11F4N3O2S. The number of rotatable bonds is 3. The van der Waals surface area contributed by atoms with Crippen LogP contribution in [-0.2, 0) is 9.84 Å². The fraction of sp³-hybridized carbons (Fsp3) is 0.429. The number of nitrogens with zero attached hydrogens (tertiary/aromatic N) is 3. The Bertz CT molecular complexity index is 930. The Labute approximate surface area is 134 Å². The van der Waals surface area contributed by atoms with Crippen LogP contribution in [0.5, 0.6) is 0 Å². The summed E-state index contributed by atoms with van der Waals surface area (Å²) in [4.78, 5) is 3.67. The van der Waals surface area contributed by atoms with Crippen LogP contribution in [0.25, 0.3) is 0 Å². The zero-order valence-corrected chi connectivity index (χ0v) is 12.9. The summed E-state index contributed by atoms with van der Waals surface area (Å²) >= 11 is 0. The van der Waals surface area contributed by atoms with Gasteiger partial charge in [0.2, 0.25) is 9.84 Å². The Morgan fingerprint density at radius 3 is 2.54 bits per heavy atom. The second-order valence-corrected chi connectivity index (χ2v) is 7.98. The molecule has 0 saturated heterocycles. The maximum Gasteiger partial charge on any atom is 0.267 e. The SMILES string of the molecule is O=S(=O)(c1nc2n(n1)[C@H](c1cc(F)ccc1F)C[C@@H]2F)[C@H]1C[C@@H]1F. The van der Waals surface area contributed by atoms with Gasteiger partial charge in [-0.1, -0.05) is 0 Å². The standard InChI is InChI=1S/C14H11F4N3O2S/c15-6-1-2-8(16)7(3-6)11-4-10(18)13-19-14(20-21(11)13)24(22,23)12-5-9(12)17/h1-3,9-12H,4-5H2/t9-,10-,11-,12-/m0/s1. The van der Waals surface area contributed by atoms with Crippen molar-refractivity contribution in [2.24, 2.45) is 0 Å². The van der Waals surface area contributed by atoms with E-state index in [4.69, 9.17) is 0 Å². The summed E-state index contributed by atoms with van der Waals surface area (Å²) in [7, 11) is -4.09. The van der Waals surface area contributed by atoms with Gasteiger partial charge in [-0.2, -0.15) is 4.98 Å². The zero-order chi connectivity index (χ0) is 17.2. The first kappa shape index (κ1) is 15.6. The summed E-state index contributed by atoms with van der Waals surface area (Å²) in [6.07, 6.45) is -3.53. The first-order valence-corrected chi connectivity index (χ1v) is 8.77. The lowest BCUT2D eigenvalue weighted by Gasteiger charge is -2.12. The third-order valence-corrected chi connectivity index (χ3v) is 6.24. The molecular weight excluding hydrogens is 350 g/mol. The van der Waals surface area contributed by atoms with Crippen molar-refractivity contribution in [1.82, 2.24) is 14.8 Å². The molecule has 0 unspecified atom stereocenters. The molecule has 1 aliphatic heterocycles. The molecule has 0 N–H and O–H groups in total. The molecule has 5 nitrogen and oxygen atoms in total. The predicted octanol–water partition coefficient (Wildman–Crippen LogP) is 2.44. The van der Waals surface area contributed by atoms with Crippen LogP contribution in [0.2, 0.25) is 0 Å². The second-order valence-electron chi connectivity index (χ2n) is 5.92. The van der Waals surface area contributed by atoms with Crippen LogP contribution in [0.15, 0.2) is 23.4 Å². The Balaban J connectivity index is 1.78. The van der Waals surface area contributed by atoms with Gasteiger partial charge in [-0.25, -0.2) is 30.7 Å². The molecule has 2 heterocycles. The third-order valence-electron chi connectivity index (χ3n) is 4.27. The Kier molecular flexibility index (Phi) is 3.25. The quantitative estimate of drug-likeness (QED) is 0.788. The van der Waals surface area contributed by atoms with E-state index in [2.05, 4.69) is 10.1 Å². The van der Waals surface area contributed by atoms with Crippen LogP contribution < -0.4 is 0 Å². The van der Waals surface area contributed by atoms with Gasteiger partial charge in [0.05, 0.1) is 6.04 Å². The van der Waals surface area contributed by atoms with Crippen molar-refractivity contribution in [3.8, 4) is 0 Å². The number of aromatic nitrogens is 3. The highest BCUT2D eigenvalue weighted by molar-refractivity contribution is 7.92. The highest BCUT2D eigenvalue weighted by Gasteiger charge is 2.51. The number of hydrogen-bond donors (Lipinski definition) is 0. The van der Waals surface area contributed by atoms with E-state index in [0.717, 1.165) is 22.9 Å². The molecule has 1 aliphatic carbocycles. The highest BCUT2D eigenvalue weighted by Crippen LogP contribution is 2.42. The van der Waals surface area contributed by atoms with Gasteiger partial charge in [-0.05, 0) is 24.6 Å². The molecule has 1 aromatic heterocycles. The van der Waals surface area contributed by atoms with Crippen molar-refractivity contribution < 1.29 is 26.0 Å². The van der Waals surface area contributed by atoms with Crippen molar-refractivity contribution in [3.05, 3.63) is 41.2 Å². The molecule has 128 valence electrons. The summed E-state index contributed by atoms with van der Waals surface area (Å²) in [5.41, 5.74) is -0.139. The van der Waals surface area contributed by atoms with E-state index in [0.29, 0.717) is 0 Å². The molecule has 2 aliphatic rings. The number of benzene rings is 1. The number of hydrogen-bond acceptors (Lipinski definition) is 4. The maximum atomic E-state index is 14.2. The van der Waals surface area contributed by atoms with Crippen LogP contribution in [0.1, 0.15) is 36.4 Å². The van der Waals surface area contributed by atoms with Crippen molar-refractivity contribution >= 4 is 9.84 Å². The van der Waals surface area contributed by atoms with Gasteiger partial charge in [-0.15, -0.1) is 5.10 Å². The molecule has 0 bridgehead atoms. The van der Waals surface area contributed by atoms with E-state index in [1.807, 2.05) is 0 Å². The van der Waals surface area contributed by atoms with Gasteiger partial charge in [0.15, 0.2) is 12.0 Å². The van der Waals surface area contributed by atoms with Gasteiger partial charge >= 0.3 is 0 Å². The minimum Gasteiger partial charge on any atom is -0.246 e. The molecule has 1 saturated carbocycles. The molecule has 0 spiro atoms. The molecule has 4 rings (SSSR count). The van der Waals surface area contributed by atoms with Gasteiger partial charge in [-0.3, -0.25) is 0 Å². The van der Waals surface area contributed by atoms with Crippen LogP contribution in [-0.4, -0.2) is 34.6 Å². The summed E-state index contributed by atoms with van der Waals surface area (Å²) in [6.45, 7) is 0. The number of fused-ring (bicyclic) bond motifs is 1. The van der Waals surface area contributed by atoms with Gasteiger partial charge in [0, 0.05) is 12.0 Å². The lowest BCUT2D eigenvalue weighted by molar-refractivity contribution is 0.325. The van der Waals surface area contributed by atoms with E-state index in [1.54, 1.807) is 0 Å². The van der Waals surface area contributed by atoms with E-state index >= 15 is 0 Å². The van der Waals surface area contributed by atoms with Crippen LogP contribution in [0.4, 0.5) is 17.6 Å². The fourth-order valence-corrected chi connectivity index (χ4v) is 4.43. The minimum atomic E-state index is -4.09. The van der Waals surface area contributed by atoms with Crippen molar-refractivity contribution in [1.29, 1.82) is 0 Å². The molecule has 24 heavy (non-hydrogen) atoms. The Morgan fingerprint density at radius 1 is 1.17 bits per heavy atom. The Hall–Kier alpha value is -1.97. The first-order valence-electron chi connectivity index (χ1n) is 7.22. The molecule has 2 aromatic rings. The average Bonchev–Trinajstić information content (AvgIpc) is 2.98. The van der Waals surface area contributed by atoms with Gasteiger partial charge in [0.25, 0.3) is 5.16 Å². The van der Waals surface area contributed by atoms with E-state index < -0.39 is 50.3 Å². The highest BCUT2D eigenvalue weighted by atomic mass is 32.2. The second kappa shape index (κ2) is 5.01. The average molecular weight is 361 g/mol. The largest absolute Gasteiger partial charge is 0.267 e. The minimum absolute atomic E-state index is 0.139. The summed E-state index contributed by atoms with van der Waals surface area (Å²) in [5.74, 6) is -1.74. The lowest BCUT2D eigenvalue weighted by atomic mass is 10.0. The fourth-order valence-electron chi connectivity index (χ4n) is 2.91. The molecule has 0 amide bonds. The van der Waals surface area contributed by atoms with Crippen molar-refractivity contribution in [2.75, 3.05) is 0 Å². The molecule has 1 aromatic carbocycles. The van der Waals surface area contributed by atoms with E-state index in [-0.39, 0.29) is 24.2 Å². The normalized spacial score (nSPS) is 28.8. The number of alkyl halides is 2. The van der Waals surface area contributed by atoms with Crippen molar-refractivity contribution in [3.63, 3.8) is 0 Å². The molecule has 4 atom stereocenters. The topological polar surface area (TPSA) is 64.8 Å². The monoisotopic (exact) mass is 361 g/mol. The number of sulfone groups is 1. The molecule has 1 fully saturated rings. The van der Waals surface area contributed by atoms with Gasteiger partial charge < -0.3 is 0 Å². The van der Waals surface area contributed by atoms with E-state index in [9.17, 15) is 26.0 Å². The van der Waals surface area contributed by atoms with E-state index in [1.165, 1.54) is 0 Å². The van der Waals surface area contributed by atoms with Crippen LogP contribution in [0.3, 0.4) is 0 Å². The Morgan fingerprint density at radius 2 is 1.88 bits per heavy atom. The first-order chi connectivity index (χ1) is 11.3. The summed E-state index contributed by atoms with van der Waals surface area (Å²) in [6, 6.07) is 1.73. The van der Waals surface area contributed by atoms with Crippen molar-refractivity contribution in [2.45, 2.75) is 41.6 Å². The number of halogens is 4. The summed E-state index contributed by atoms with van der Waals surface area (Å²) in [5, 5.41) is 1.87. The zero-order valence-electron chi connectivity index (χ0n) is 12.0. The maximum absolute atomic E-state index is 14.2. The third kappa shape index (κ3) is 2.23. The molecule has 10 heteroatoms. The predicted molar refractivity (Wildman–Crippen MR) is 73.5 cm³/mol.